The number of nitrogens with zero attached hydrogens (tertiary/aromatic N) is 1. The number of hydrogen-bond acceptors (Lipinski definition) is 5. The van der Waals surface area contributed by atoms with Crippen molar-refractivity contribution >= 4 is 11.7 Å². The summed E-state index contributed by atoms with van der Waals surface area (Å²) in [4.78, 5) is 19.7. The molecule has 0 aromatic heterocycles. The molecule has 7 heteroatoms. The van der Waals surface area contributed by atoms with Crippen molar-refractivity contribution in [2.24, 2.45) is 5.92 Å². The predicted molar refractivity (Wildman–Crippen MR) is 137 cm³/mol. The van der Waals surface area contributed by atoms with E-state index in [4.69, 9.17) is 14.3 Å². The molecular formula is C31H25F2NO4. The number of halogens is 2. The number of esters is 1. The Balaban J connectivity index is 1.27. The molecule has 38 heavy (non-hydrogen) atoms. The number of hydrogen-bond donors (Lipinski definition) is 0. The minimum Gasteiger partial charge on any atom is -0.489 e. The van der Waals surface area contributed by atoms with Gasteiger partial charge in [0.1, 0.15) is 42.1 Å². The predicted octanol–water partition coefficient (Wildman–Crippen LogP) is 6.71. The molecule has 0 saturated carbocycles. The van der Waals surface area contributed by atoms with Crippen molar-refractivity contribution in [1.82, 2.24) is 0 Å². The standard InChI is InChI=1S/C31H25F2NO4/c32-23-10-6-21(7-11-23)27-18-28-29(31(35)37-27)30(34(38-28)25-14-12-24(33)13-15-25)22-8-16-26(17-9-22)36-19-20-4-2-1-3-5-20/h1-17,27-30H,18-19H2. The van der Waals surface area contributed by atoms with Crippen molar-refractivity contribution in [1.29, 1.82) is 0 Å². The van der Waals surface area contributed by atoms with Gasteiger partial charge < -0.3 is 9.47 Å². The number of carbonyl (C=O) groups excluding carboxylic acids is 1. The lowest BCUT2D eigenvalue weighted by Gasteiger charge is -2.31. The lowest BCUT2D eigenvalue weighted by atomic mass is 9.84. The van der Waals surface area contributed by atoms with Gasteiger partial charge in [0.05, 0.1) is 11.7 Å². The molecule has 2 heterocycles. The molecule has 0 aliphatic carbocycles. The summed E-state index contributed by atoms with van der Waals surface area (Å²) < 4.78 is 38.9. The molecule has 4 atom stereocenters. The number of carbonyl (C=O) groups is 1. The van der Waals surface area contributed by atoms with Gasteiger partial charge in [-0.3, -0.25) is 9.63 Å². The van der Waals surface area contributed by atoms with Crippen LogP contribution in [0.3, 0.4) is 0 Å². The Morgan fingerprint density at radius 3 is 2.11 bits per heavy atom. The molecular weight excluding hydrogens is 488 g/mol. The van der Waals surface area contributed by atoms with Gasteiger partial charge in [0.15, 0.2) is 0 Å². The summed E-state index contributed by atoms with van der Waals surface area (Å²) in [6, 6.07) is 28.8. The van der Waals surface area contributed by atoms with Gasteiger partial charge in [0.25, 0.3) is 0 Å². The minimum absolute atomic E-state index is 0.357. The molecule has 0 N–H and O–H groups in total. The highest BCUT2D eigenvalue weighted by Crippen LogP contribution is 2.49. The van der Waals surface area contributed by atoms with Crippen LogP contribution in [-0.2, 0) is 21.0 Å². The third-order valence-corrected chi connectivity index (χ3v) is 7.01. The van der Waals surface area contributed by atoms with E-state index in [9.17, 15) is 13.6 Å². The maximum Gasteiger partial charge on any atom is 0.314 e. The van der Waals surface area contributed by atoms with Gasteiger partial charge in [0.2, 0.25) is 0 Å². The van der Waals surface area contributed by atoms with Crippen molar-refractivity contribution in [3.05, 3.63) is 131 Å². The van der Waals surface area contributed by atoms with E-state index in [0.717, 1.165) is 11.1 Å². The summed E-state index contributed by atoms with van der Waals surface area (Å²) in [6.07, 6.45) is -0.614. The van der Waals surface area contributed by atoms with Crippen LogP contribution in [0, 0.1) is 17.6 Å². The molecule has 4 aromatic rings. The topological polar surface area (TPSA) is 48.0 Å². The summed E-state index contributed by atoms with van der Waals surface area (Å²) in [5, 5.41) is 1.67. The fraction of sp³-hybridized carbons (Fsp3) is 0.194. The smallest absolute Gasteiger partial charge is 0.314 e. The van der Waals surface area contributed by atoms with Gasteiger partial charge in [-0.1, -0.05) is 54.6 Å². The summed E-state index contributed by atoms with van der Waals surface area (Å²) in [5.41, 5.74) is 3.23. The van der Waals surface area contributed by atoms with Crippen molar-refractivity contribution < 1.29 is 27.9 Å². The van der Waals surface area contributed by atoms with Gasteiger partial charge in [-0.25, -0.2) is 13.8 Å². The van der Waals surface area contributed by atoms with E-state index in [0.29, 0.717) is 30.0 Å². The van der Waals surface area contributed by atoms with Crippen molar-refractivity contribution in [2.75, 3.05) is 5.06 Å². The number of anilines is 1. The Kier molecular flexibility index (Phi) is 6.52. The van der Waals surface area contributed by atoms with E-state index in [1.165, 1.54) is 24.3 Å². The molecule has 4 unspecified atom stereocenters. The van der Waals surface area contributed by atoms with Gasteiger partial charge in [0, 0.05) is 6.42 Å². The third-order valence-electron chi connectivity index (χ3n) is 7.01. The molecule has 6 rings (SSSR count). The molecule has 0 spiro atoms. The lowest BCUT2D eigenvalue weighted by molar-refractivity contribution is -0.167. The summed E-state index contributed by atoms with van der Waals surface area (Å²) in [6.45, 7) is 0.441. The van der Waals surface area contributed by atoms with Crippen LogP contribution in [0.5, 0.6) is 5.75 Å². The molecule has 0 amide bonds. The molecule has 192 valence electrons. The first-order valence-corrected chi connectivity index (χ1v) is 12.5. The van der Waals surface area contributed by atoms with E-state index < -0.39 is 30.1 Å². The Morgan fingerprint density at radius 2 is 1.42 bits per heavy atom. The maximum absolute atomic E-state index is 13.7. The van der Waals surface area contributed by atoms with Crippen LogP contribution in [0.25, 0.3) is 0 Å². The summed E-state index contributed by atoms with van der Waals surface area (Å²) in [5.74, 6) is -1.02. The molecule has 5 nitrogen and oxygen atoms in total. The van der Waals surface area contributed by atoms with Crippen LogP contribution < -0.4 is 9.80 Å². The van der Waals surface area contributed by atoms with E-state index >= 15 is 0 Å². The zero-order valence-electron chi connectivity index (χ0n) is 20.4. The van der Waals surface area contributed by atoms with Crippen LogP contribution in [0.15, 0.2) is 103 Å². The highest BCUT2D eigenvalue weighted by atomic mass is 19.1. The molecule has 0 radical (unpaired) electrons. The first-order valence-electron chi connectivity index (χ1n) is 12.5. The molecule has 2 aliphatic rings. The maximum atomic E-state index is 13.7. The van der Waals surface area contributed by atoms with Crippen LogP contribution >= 0.6 is 0 Å². The largest absolute Gasteiger partial charge is 0.489 e. The Morgan fingerprint density at radius 1 is 0.789 bits per heavy atom. The van der Waals surface area contributed by atoms with Crippen LogP contribution in [-0.4, -0.2) is 12.1 Å². The molecule has 2 fully saturated rings. The summed E-state index contributed by atoms with van der Waals surface area (Å²) in [7, 11) is 0. The van der Waals surface area contributed by atoms with Gasteiger partial charge in [-0.15, -0.1) is 0 Å². The fourth-order valence-electron chi connectivity index (χ4n) is 5.11. The van der Waals surface area contributed by atoms with Crippen LogP contribution in [0.1, 0.15) is 35.3 Å². The number of ether oxygens (including phenoxy) is 2. The first kappa shape index (κ1) is 24.1. The average molecular weight is 514 g/mol. The fourth-order valence-corrected chi connectivity index (χ4v) is 5.11. The number of cyclic esters (lactones) is 1. The molecule has 0 bridgehead atoms. The molecule has 2 saturated heterocycles. The number of hydroxylamine groups is 1. The van der Waals surface area contributed by atoms with E-state index in [-0.39, 0.29) is 11.6 Å². The Labute approximate surface area is 219 Å². The molecule has 2 aliphatic heterocycles. The monoisotopic (exact) mass is 513 g/mol. The van der Waals surface area contributed by atoms with E-state index in [2.05, 4.69) is 0 Å². The second-order valence-corrected chi connectivity index (χ2v) is 9.47. The zero-order valence-corrected chi connectivity index (χ0v) is 20.4. The Bertz CT molecular complexity index is 1400. The van der Waals surface area contributed by atoms with Crippen LogP contribution in [0.2, 0.25) is 0 Å². The normalized spacial score (nSPS) is 22.6. The SMILES string of the molecule is O=C1OC(c2ccc(F)cc2)CC2ON(c3ccc(F)cc3)C(c3ccc(OCc4ccccc4)cc3)C12. The third kappa shape index (κ3) is 4.85. The van der Waals surface area contributed by atoms with Crippen LogP contribution in [0.4, 0.5) is 14.5 Å². The summed E-state index contributed by atoms with van der Waals surface area (Å²) >= 11 is 0. The first-order chi connectivity index (χ1) is 18.5. The zero-order chi connectivity index (χ0) is 26.1. The lowest BCUT2D eigenvalue weighted by Crippen LogP contribution is -2.37. The van der Waals surface area contributed by atoms with Crippen molar-refractivity contribution in [3.8, 4) is 5.75 Å². The van der Waals surface area contributed by atoms with E-state index in [1.807, 2.05) is 54.6 Å². The highest BCUT2D eigenvalue weighted by Gasteiger charge is 2.53. The minimum atomic E-state index is -0.604. The quantitative estimate of drug-likeness (QED) is 0.268. The number of fused-ring (bicyclic) bond motifs is 1. The van der Waals surface area contributed by atoms with Gasteiger partial charge in [-0.05, 0) is 65.2 Å². The van der Waals surface area contributed by atoms with Gasteiger partial charge in [-0.2, -0.15) is 0 Å². The second-order valence-electron chi connectivity index (χ2n) is 9.47. The number of benzene rings is 4. The van der Waals surface area contributed by atoms with Crippen molar-refractivity contribution in [3.63, 3.8) is 0 Å². The van der Waals surface area contributed by atoms with E-state index in [1.54, 1.807) is 29.3 Å². The number of rotatable bonds is 6. The molecule has 4 aromatic carbocycles. The highest BCUT2D eigenvalue weighted by molar-refractivity contribution is 5.77. The average Bonchev–Trinajstić information content (AvgIpc) is 3.34. The van der Waals surface area contributed by atoms with Gasteiger partial charge >= 0.3 is 5.97 Å². The second kappa shape index (κ2) is 10.3. The van der Waals surface area contributed by atoms with Crippen molar-refractivity contribution in [2.45, 2.75) is 31.3 Å². The Hall–Kier alpha value is -4.23.